The molecule has 0 bridgehead atoms. The number of hydrogen-bond acceptors (Lipinski definition) is 3. The van der Waals surface area contributed by atoms with Gasteiger partial charge in [-0.2, -0.15) is 13.2 Å². The van der Waals surface area contributed by atoms with Crippen LogP contribution in [0.3, 0.4) is 0 Å². The van der Waals surface area contributed by atoms with Crippen molar-refractivity contribution in [2.75, 3.05) is 24.2 Å². The van der Waals surface area contributed by atoms with Crippen LogP contribution >= 0.6 is 0 Å². The molecule has 0 radical (unpaired) electrons. The molecule has 1 aromatic rings. The van der Waals surface area contributed by atoms with E-state index in [1.807, 2.05) is 6.92 Å². The van der Waals surface area contributed by atoms with Gasteiger partial charge in [0.2, 0.25) is 0 Å². The van der Waals surface area contributed by atoms with Crippen molar-refractivity contribution in [1.82, 2.24) is 4.98 Å². The fourth-order valence-corrected chi connectivity index (χ4v) is 1.06. The van der Waals surface area contributed by atoms with Gasteiger partial charge in [-0.25, -0.2) is 4.98 Å². The first kappa shape index (κ1) is 11.6. The topological polar surface area (TPSA) is 42.1 Å². The quantitative estimate of drug-likeness (QED) is 0.828. The summed E-state index contributed by atoms with van der Waals surface area (Å²) in [6.45, 7) is 2.38. The predicted molar refractivity (Wildman–Crippen MR) is 52.6 cm³/mol. The molecule has 0 unspecified atom stereocenters. The first-order valence-electron chi connectivity index (χ1n) is 4.40. The Balaban J connectivity index is 3.17. The molecule has 15 heavy (non-hydrogen) atoms. The van der Waals surface area contributed by atoms with Crippen molar-refractivity contribution in [3.63, 3.8) is 0 Å². The second kappa shape index (κ2) is 3.96. The molecule has 0 aliphatic heterocycles. The summed E-state index contributed by atoms with van der Waals surface area (Å²) in [7, 11) is 1.65. The summed E-state index contributed by atoms with van der Waals surface area (Å²) in [5.41, 5.74) is 4.54. The summed E-state index contributed by atoms with van der Waals surface area (Å²) in [5, 5.41) is 0. The van der Waals surface area contributed by atoms with Crippen LogP contribution in [-0.2, 0) is 6.18 Å². The number of nitrogens with two attached hydrogens (primary N) is 1. The molecule has 1 rings (SSSR count). The third-order valence-electron chi connectivity index (χ3n) is 2.02. The normalized spacial score (nSPS) is 11.5. The van der Waals surface area contributed by atoms with Crippen LogP contribution in [-0.4, -0.2) is 18.6 Å². The maximum absolute atomic E-state index is 12.4. The third kappa shape index (κ3) is 2.74. The second-order valence-electron chi connectivity index (χ2n) is 3.15. The van der Waals surface area contributed by atoms with Crippen LogP contribution < -0.4 is 10.6 Å². The Morgan fingerprint density at radius 1 is 1.40 bits per heavy atom. The lowest BCUT2D eigenvalue weighted by Gasteiger charge is -2.17. The summed E-state index contributed by atoms with van der Waals surface area (Å²) in [6, 6.07) is 1.81. The van der Waals surface area contributed by atoms with Gasteiger partial charge in [0, 0.05) is 13.6 Å². The number of alkyl halides is 3. The molecule has 0 saturated carbocycles. The molecular formula is C9H12F3N3. The lowest BCUT2D eigenvalue weighted by molar-refractivity contribution is -0.137. The Hall–Kier alpha value is -1.46. The first-order chi connectivity index (χ1) is 6.84. The monoisotopic (exact) mass is 219 g/mol. The highest BCUT2D eigenvalue weighted by Crippen LogP contribution is 2.31. The zero-order chi connectivity index (χ0) is 11.6. The Morgan fingerprint density at radius 2 is 2.00 bits per heavy atom. The molecule has 1 heterocycles. The second-order valence-corrected chi connectivity index (χ2v) is 3.15. The maximum Gasteiger partial charge on any atom is 0.416 e. The fraction of sp³-hybridized carbons (Fsp3) is 0.444. The van der Waals surface area contributed by atoms with Crippen LogP contribution in [0.5, 0.6) is 0 Å². The van der Waals surface area contributed by atoms with Gasteiger partial charge in [-0.3, -0.25) is 0 Å². The van der Waals surface area contributed by atoms with Gasteiger partial charge in [0.15, 0.2) is 0 Å². The van der Waals surface area contributed by atoms with Crippen LogP contribution in [0, 0.1) is 0 Å². The minimum Gasteiger partial charge on any atom is -0.384 e. The number of pyridine rings is 1. The minimum absolute atomic E-state index is 0.125. The Kier molecular flexibility index (Phi) is 3.06. The van der Waals surface area contributed by atoms with Crippen molar-refractivity contribution in [3.05, 3.63) is 17.7 Å². The van der Waals surface area contributed by atoms with Crippen LogP contribution in [0.2, 0.25) is 0 Å². The Morgan fingerprint density at radius 3 is 2.47 bits per heavy atom. The smallest absolute Gasteiger partial charge is 0.384 e. The molecule has 0 amide bonds. The van der Waals surface area contributed by atoms with Gasteiger partial charge < -0.3 is 10.6 Å². The van der Waals surface area contributed by atoms with E-state index < -0.39 is 11.7 Å². The summed E-state index contributed by atoms with van der Waals surface area (Å²) in [6.07, 6.45) is -4.39. The van der Waals surface area contributed by atoms with Gasteiger partial charge in [-0.05, 0) is 19.1 Å². The molecule has 0 aromatic carbocycles. The van der Waals surface area contributed by atoms with Gasteiger partial charge in [0.1, 0.15) is 11.6 Å². The standard InChI is InChI=1S/C9H12F3N3/c1-3-15(2)8-5-6(9(10,11)12)4-7(13)14-8/h4-5H,3H2,1-2H3,(H2,13,14). The zero-order valence-corrected chi connectivity index (χ0v) is 8.47. The molecule has 0 spiro atoms. The number of rotatable bonds is 2. The van der Waals surface area contributed by atoms with E-state index in [4.69, 9.17) is 5.73 Å². The highest BCUT2D eigenvalue weighted by atomic mass is 19.4. The number of nitrogen functional groups attached to an aromatic ring is 1. The fourth-order valence-electron chi connectivity index (χ4n) is 1.06. The van der Waals surface area contributed by atoms with Gasteiger partial charge in [-0.15, -0.1) is 0 Å². The van der Waals surface area contributed by atoms with Crippen LogP contribution in [0.25, 0.3) is 0 Å². The molecule has 2 N–H and O–H groups in total. The number of hydrogen-bond donors (Lipinski definition) is 1. The molecule has 84 valence electrons. The zero-order valence-electron chi connectivity index (χ0n) is 8.47. The van der Waals surface area contributed by atoms with Crippen LogP contribution in [0.1, 0.15) is 12.5 Å². The van der Waals surface area contributed by atoms with Gasteiger partial charge in [0.05, 0.1) is 5.56 Å². The van der Waals surface area contributed by atoms with Crippen LogP contribution in [0.15, 0.2) is 12.1 Å². The van der Waals surface area contributed by atoms with Crippen molar-refractivity contribution in [1.29, 1.82) is 0 Å². The molecule has 6 heteroatoms. The lowest BCUT2D eigenvalue weighted by atomic mass is 10.2. The van der Waals surface area contributed by atoms with E-state index in [2.05, 4.69) is 4.98 Å². The van der Waals surface area contributed by atoms with Crippen molar-refractivity contribution in [2.45, 2.75) is 13.1 Å². The van der Waals surface area contributed by atoms with E-state index in [-0.39, 0.29) is 11.6 Å². The lowest BCUT2D eigenvalue weighted by Crippen LogP contribution is -2.19. The number of nitrogens with zero attached hydrogens (tertiary/aromatic N) is 2. The average Bonchev–Trinajstić information content (AvgIpc) is 2.14. The summed E-state index contributed by atoms with van der Waals surface area (Å²) in [4.78, 5) is 5.41. The SMILES string of the molecule is CCN(C)c1cc(C(F)(F)F)cc(N)n1. The van der Waals surface area contributed by atoms with Crippen molar-refractivity contribution >= 4 is 11.6 Å². The van der Waals surface area contributed by atoms with E-state index in [1.165, 1.54) is 0 Å². The minimum atomic E-state index is -4.39. The largest absolute Gasteiger partial charge is 0.416 e. The van der Waals surface area contributed by atoms with Crippen molar-refractivity contribution < 1.29 is 13.2 Å². The van der Waals surface area contributed by atoms with Gasteiger partial charge in [0.25, 0.3) is 0 Å². The molecule has 0 atom stereocenters. The average molecular weight is 219 g/mol. The molecule has 0 aliphatic rings. The molecule has 1 aromatic heterocycles. The third-order valence-corrected chi connectivity index (χ3v) is 2.02. The van der Waals surface area contributed by atoms with E-state index in [1.54, 1.807) is 11.9 Å². The maximum atomic E-state index is 12.4. The molecule has 0 aliphatic carbocycles. The van der Waals surface area contributed by atoms with Gasteiger partial charge >= 0.3 is 6.18 Å². The van der Waals surface area contributed by atoms with E-state index in [0.717, 1.165) is 12.1 Å². The summed E-state index contributed by atoms with van der Waals surface area (Å²) < 4.78 is 37.2. The number of aromatic nitrogens is 1. The molecule has 0 fully saturated rings. The van der Waals surface area contributed by atoms with Gasteiger partial charge in [-0.1, -0.05) is 0 Å². The predicted octanol–water partition coefficient (Wildman–Crippen LogP) is 2.14. The Labute approximate surface area is 85.7 Å². The molecule has 3 nitrogen and oxygen atoms in total. The van der Waals surface area contributed by atoms with E-state index in [0.29, 0.717) is 6.54 Å². The highest BCUT2D eigenvalue weighted by Gasteiger charge is 2.31. The highest BCUT2D eigenvalue weighted by molar-refractivity contribution is 5.48. The van der Waals surface area contributed by atoms with E-state index >= 15 is 0 Å². The Bertz CT molecular complexity index is 349. The van der Waals surface area contributed by atoms with Crippen molar-refractivity contribution in [3.8, 4) is 0 Å². The molecular weight excluding hydrogens is 207 g/mol. The molecule has 0 saturated heterocycles. The summed E-state index contributed by atoms with van der Waals surface area (Å²) in [5.74, 6) is 0.102. The van der Waals surface area contributed by atoms with E-state index in [9.17, 15) is 13.2 Å². The van der Waals surface area contributed by atoms with Crippen molar-refractivity contribution in [2.24, 2.45) is 0 Å². The number of anilines is 2. The number of halogens is 3. The summed E-state index contributed by atoms with van der Waals surface area (Å²) >= 11 is 0. The van der Waals surface area contributed by atoms with Crippen LogP contribution in [0.4, 0.5) is 24.8 Å². The first-order valence-corrected chi connectivity index (χ1v) is 4.40.